The van der Waals surface area contributed by atoms with E-state index in [4.69, 9.17) is 4.74 Å². The summed E-state index contributed by atoms with van der Waals surface area (Å²) < 4.78 is 5.89. The first kappa shape index (κ1) is 12.0. The molecule has 0 atom stereocenters. The van der Waals surface area contributed by atoms with Crippen molar-refractivity contribution in [3.05, 3.63) is 28.8 Å². The number of hydrogen-bond acceptors (Lipinski definition) is 3. The van der Waals surface area contributed by atoms with Crippen molar-refractivity contribution in [1.82, 2.24) is 5.32 Å². The molecule has 1 aromatic rings. The molecule has 0 bridgehead atoms. The molecule has 0 aromatic heterocycles. The predicted molar refractivity (Wildman–Crippen MR) is 71.1 cm³/mol. The molecule has 1 aromatic carbocycles. The van der Waals surface area contributed by atoms with Gasteiger partial charge in [0.2, 0.25) is 0 Å². The van der Waals surface area contributed by atoms with E-state index in [2.05, 4.69) is 43.2 Å². The molecule has 1 N–H and O–H groups in total. The average Bonchev–Trinajstić information content (AvgIpc) is 2.81. The van der Waals surface area contributed by atoms with Crippen molar-refractivity contribution in [2.75, 3.05) is 19.7 Å². The van der Waals surface area contributed by atoms with Crippen molar-refractivity contribution in [3.63, 3.8) is 0 Å². The molecule has 0 radical (unpaired) electrons. The van der Waals surface area contributed by atoms with Gasteiger partial charge in [-0.3, -0.25) is 4.99 Å². The summed E-state index contributed by atoms with van der Waals surface area (Å²) in [5, 5.41) is 3.25. The Morgan fingerprint density at radius 2 is 2.00 bits per heavy atom. The SMILES string of the molecule is Cc1ccc(C)c(OCCC2=NCCN2)c1C. The molecular formula is C14H20N2O. The Morgan fingerprint density at radius 1 is 1.24 bits per heavy atom. The molecule has 0 fully saturated rings. The maximum absolute atomic E-state index is 5.89. The predicted octanol–water partition coefficient (Wildman–Crippen LogP) is 2.38. The first-order chi connectivity index (χ1) is 8.18. The topological polar surface area (TPSA) is 33.6 Å². The number of rotatable bonds is 4. The van der Waals surface area contributed by atoms with Gasteiger partial charge in [-0.1, -0.05) is 12.1 Å². The van der Waals surface area contributed by atoms with E-state index in [-0.39, 0.29) is 0 Å². The lowest BCUT2D eigenvalue weighted by atomic mass is 10.1. The third-order valence-electron chi connectivity index (χ3n) is 3.20. The third-order valence-corrected chi connectivity index (χ3v) is 3.20. The molecule has 2 rings (SSSR count). The molecular weight excluding hydrogens is 212 g/mol. The lowest BCUT2D eigenvalue weighted by Crippen LogP contribution is -2.20. The van der Waals surface area contributed by atoms with E-state index in [0.29, 0.717) is 6.61 Å². The van der Waals surface area contributed by atoms with Crippen molar-refractivity contribution in [2.24, 2.45) is 4.99 Å². The average molecular weight is 232 g/mol. The van der Waals surface area contributed by atoms with Gasteiger partial charge in [-0.2, -0.15) is 0 Å². The van der Waals surface area contributed by atoms with E-state index < -0.39 is 0 Å². The fourth-order valence-electron chi connectivity index (χ4n) is 2.01. The van der Waals surface area contributed by atoms with Crippen molar-refractivity contribution in [2.45, 2.75) is 27.2 Å². The molecule has 1 heterocycles. The Kier molecular flexibility index (Phi) is 3.67. The Morgan fingerprint density at radius 3 is 2.71 bits per heavy atom. The molecule has 0 saturated heterocycles. The van der Waals surface area contributed by atoms with Crippen molar-refractivity contribution >= 4 is 5.84 Å². The van der Waals surface area contributed by atoms with Crippen molar-refractivity contribution < 1.29 is 4.74 Å². The van der Waals surface area contributed by atoms with E-state index in [1.54, 1.807) is 0 Å². The monoisotopic (exact) mass is 232 g/mol. The number of benzene rings is 1. The third kappa shape index (κ3) is 2.78. The summed E-state index contributed by atoms with van der Waals surface area (Å²) in [6, 6.07) is 4.25. The molecule has 1 aliphatic rings. The minimum absolute atomic E-state index is 0.691. The molecule has 0 spiro atoms. The number of hydrogen-bond donors (Lipinski definition) is 1. The van der Waals surface area contributed by atoms with Crippen LogP contribution in [-0.4, -0.2) is 25.5 Å². The molecule has 3 nitrogen and oxygen atoms in total. The Labute approximate surface area is 103 Å². The highest BCUT2D eigenvalue weighted by Gasteiger charge is 2.08. The minimum Gasteiger partial charge on any atom is -0.493 e. The summed E-state index contributed by atoms with van der Waals surface area (Å²) in [5.74, 6) is 2.11. The molecule has 0 saturated carbocycles. The number of aliphatic imine (C=N–C) groups is 1. The number of ether oxygens (including phenoxy) is 1. The van der Waals surface area contributed by atoms with Crippen LogP contribution in [0.2, 0.25) is 0 Å². The van der Waals surface area contributed by atoms with E-state index in [0.717, 1.165) is 31.1 Å². The maximum Gasteiger partial charge on any atom is 0.125 e. The maximum atomic E-state index is 5.89. The van der Waals surface area contributed by atoms with Gasteiger partial charge in [0.25, 0.3) is 0 Å². The van der Waals surface area contributed by atoms with Gasteiger partial charge in [0, 0.05) is 13.0 Å². The molecule has 3 heteroatoms. The highest BCUT2D eigenvalue weighted by molar-refractivity contribution is 5.83. The van der Waals surface area contributed by atoms with Gasteiger partial charge in [-0.05, 0) is 37.5 Å². The standard InChI is InChI=1S/C14H20N2O/c1-10-4-5-11(2)14(12(10)3)17-9-6-13-15-7-8-16-13/h4-5H,6-9H2,1-3H3,(H,15,16). The fraction of sp³-hybridized carbons (Fsp3) is 0.500. The zero-order valence-corrected chi connectivity index (χ0v) is 10.8. The quantitative estimate of drug-likeness (QED) is 0.864. The van der Waals surface area contributed by atoms with E-state index in [9.17, 15) is 0 Å². The van der Waals surface area contributed by atoms with Gasteiger partial charge in [0.05, 0.1) is 19.0 Å². The molecule has 0 aliphatic carbocycles. The van der Waals surface area contributed by atoms with Crippen molar-refractivity contribution in [1.29, 1.82) is 0 Å². The first-order valence-corrected chi connectivity index (χ1v) is 6.15. The smallest absolute Gasteiger partial charge is 0.125 e. The van der Waals surface area contributed by atoms with Crippen LogP contribution in [0.25, 0.3) is 0 Å². The van der Waals surface area contributed by atoms with Crippen LogP contribution >= 0.6 is 0 Å². The van der Waals surface area contributed by atoms with Crippen LogP contribution in [0.4, 0.5) is 0 Å². The van der Waals surface area contributed by atoms with Gasteiger partial charge in [-0.25, -0.2) is 0 Å². The molecule has 0 unspecified atom stereocenters. The van der Waals surface area contributed by atoms with Crippen LogP contribution in [0.15, 0.2) is 17.1 Å². The van der Waals surface area contributed by atoms with E-state index in [1.807, 2.05) is 0 Å². The molecule has 1 aliphatic heterocycles. The van der Waals surface area contributed by atoms with E-state index in [1.165, 1.54) is 16.7 Å². The van der Waals surface area contributed by atoms with Crippen LogP contribution in [-0.2, 0) is 0 Å². The summed E-state index contributed by atoms with van der Waals surface area (Å²) in [5.41, 5.74) is 3.72. The summed E-state index contributed by atoms with van der Waals surface area (Å²) in [4.78, 5) is 4.35. The van der Waals surface area contributed by atoms with E-state index >= 15 is 0 Å². The van der Waals surface area contributed by atoms with Gasteiger partial charge < -0.3 is 10.1 Å². The van der Waals surface area contributed by atoms with Crippen LogP contribution in [0.5, 0.6) is 5.75 Å². The zero-order valence-electron chi connectivity index (χ0n) is 10.8. The van der Waals surface area contributed by atoms with Crippen LogP contribution in [0.3, 0.4) is 0 Å². The minimum atomic E-state index is 0.691. The second-order valence-electron chi connectivity index (χ2n) is 4.51. The zero-order chi connectivity index (χ0) is 12.3. The molecule has 0 amide bonds. The van der Waals surface area contributed by atoms with Crippen LogP contribution in [0.1, 0.15) is 23.1 Å². The Bertz CT molecular complexity index is 438. The van der Waals surface area contributed by atoms with Gasteiger partial charge in [-0.15, -0.1) is 0 Å². The summed E-state index contributed by atoms with van der Waals surface area (Å²) in [7, 11) is 0. The van der Waals surface area contributed by atoms with Gasteiger partial charge in [0.15, 0.2) is 0 Å². The second-order valence-corrected chi connectivity index (χ2v) is 4.51. The molecule has 17 heavy (non-hydrogen) atoms. The van der Waals surface area contributed by atoms with Crippen LogP contribution < -0.4 is 10.1 Å². The van der Waals surface area contributed by atoms with Gasteiger partial charge in [0.1, 0.15) is 5.75 Å². The van der Waals surface area contributed by atoms with Crippen molar-refractivity contribution in [3.8, 4) is 5.75 Å². The largest absolute Gasteiger partial charge is 0.493 e. The highest BCUT2D eigenvalue weighted by atomic mass is 16.5. The molecule has 92 valence electrons. The summed E-state index contributed by atoms with van der Waals surface area (Å²) in [6.07, 6.45) is 0.868. The summed E-state index contributed by atoms with van der Waals surface area (Å²) >= 11 is 0. The number of nitrogens with zero attached hydrogens (tertiary/aromatic N) is 1. The fourth-order valence-corrected chi connectivity index (χ4v) is 2.01. The lowest BCUT2D eigenvalue weighted by molar-refractivity contribution is 0.323. The first-order valence-electron chi connectivity index (χ1n) is 6.15. The number of amidine groups is 1. The summed E-state index contributed by atoms with van der Waals surface area (Å²) in [6.45, 7) is 8.88. The Hall–Kier alpha value is -1.51. The van der Waals surface area contributed by atoms with Crippen LogP contribution in [0, 0.1) is 20.8 Å². The van der Waals surface area contributed by atoms with Gasteiger partial charge >= 0.3 is 0 Å². The number of aryl methyl sites for hydroxylation is 2. The number of nitrogens with one attached hydrogen (secondary N) is 1. The lowest BCUT2D eigenvalue weighted by Gasteiger charge is -2.14. The highest BCUT2D eigenvalue weighted by Crippen LogP contribution is 2.25. The Balaban J connectivity index is 1.96. The normalized spacial score (nSPS) is 14.4. The second kappa shape index (κ2) is 5.21.